The predicted molar refractivity (Wildman–Crippen MR) is 254 cm³/mol. The quantitative estimate of drug-likeness (QED) is 0.0670. The molecule has 4 aliphatic carbocycles. The minimum Gasteiger partial charge on any atom is -0.375 e. The van der Waals surface area contributed by atoms with E-state index in [1.165, 1.54) is 0 Å². The lowest BCUT2D eigenvalue weighted by Gasteiger charge is -2.59. The minimum absolute atomic E-state index is 0.279. The number of anilines is 1. The van der Waals surface area contributed by atoms with Gasteiger partial charge in [-0.3, -0.25) is 19.4 Å². The molecule has 0 spiro atoms. The number of carbonyl (C=O) groups excluding carboxylic acids is 6. The van der Waals surface area contributed by atoms with Crippen molar-refractivity contribution in [1.29, 1.82) is 0 Å². The average Bonchev–Trinajstić information content (AvgIpc) is 3.87. The molecule has 2 aliphatic heterocycles. The number of primary amides is 4. The number of carbonyl (C=O) groups is 6. The smallest absolute Gasteiger partial charge is 0.375 e. The van der Waals surface area contributed by atoms with E-state index in [1.807, 2.05) is 80.6 Å². The van der Waals surface area contributed by atoms with Crippen LogP contribution in [0.2, 0.25) is 0 Å². The fraction of sp³-hybridized carbons (Fsp3) is 0.462. The number of hydrogen-bond acceptors (Lipinski definition) is 11. The van der Waals surface area contributed by atoms with Gasteiger partial charge in [0, 0.05) is 28.6 Å². The minimum atomic E-state index is -2.40. The largest absolute Gasteiger partial charge is 0.412 e. The second-order valence-corrected chi connectivity index (χ2v) is 19.9. The van der Waals surface area contributed by atoms with Crippen molar-refractivity contribution >= 4 is 41.6 Å². The summed E-state index contributed by atoms with van der Waals surface area (Å²) < 4.78 is 10.8. The third kappa shape index (κ3) is 7.60. The Morgan fingerprint density at radius 3 is 1.33 bits per heavy atom. The molecule has 0 aromatic heterocycles. The van der Waals surface area contributed by atoms with Crippen LogP contribution in [0.15, 0.2) is 92.0 Å². The molecular formula is C52H65N7O8. The molecule has 2 fully saturated rings. The van der Waals surface area contributed by atoms with Crippen molar-refractivity contribution in [2.75, 3.05) is 4.90 Å². The van der Waals surface area contributed by atoms with Gasteiger partial charge in [-0.25, -0.2) is 19.2 Å². The maximum atomic E-state index is 15.3. The van der Waals surface area contributed by atoms with Gasteiger partial charge in [-0.1, -0.05) is 101 Å². The van der Waals surface area contributed by atoms with Gasteiger partial charge in [0.05, 0.1) is 12.3 Å². The van der Waals surface area contributed by atoms with E-state index in [2.05, 4.69) is 18.1 Å². The van der Waals surface area contributed by atoms with E-state index in [1.54, 1.807) is 49.6 Å². The molecule has 15 heteroatoms. The van der Waals surface area contributed by atoms with Gasteiger partial charge in [-0.2, -0.15) is 0 Å². The van der Waals surface area contributed by atoms with Gasteiger partial charge >= 0.3 is 24.1 Å². The van der Waals surface area contributed by atoms with E-state index in [4.69, 9.17) is 32.4 Å². The highest BCUT2D eigenvalue weighted by atomic mass is 16.6. The Labute approximate surface area is 392 Å². The monoisotopic (exact) mass is 915 g/mol. The molecule has 67 heavy (non-hydrogen) atoms. The first-order valence-electron chi connectivity index (χ1n) is 23.1. The molecule has 0 radical (unpaired) electrons. The summed E-state index contributed by atoms with van der Waals surface area (Å²) in [6.07, 6.45) is 1.61. The molecule has 3 aromatic rings. The van der Waals surface area contributed by atoms with Gasteiger partial charge in [0.1, 0.15) is 0 Å². The first-order valence-corrected chi connectivity index (χ1v) is 23.1. The zero-order valence-electron chi connectivity index (χ0n) is 39.5. The van der Waals surface area contributed by atoms with Crippen LogP contribution in [-0.2, 0) is 41.5 Å². The predicted octanol–water partition coefficient (Wildman–Crippen LogP) is 6.27. The maximum Gasteiger partial charge on any atom is 0.412 e. The first-order chi connectivity index (χ1) is 31.6. The van der Waals surface area contributed by atoms with Gasteiger partial charge < -0.3 is 37.3 Å². The number of ether oxygens (including phenoxy) is 2. The van der Waals surface area contributed by atoms with E-state index in [9.17, 15) is 9.59 Å². The summed E-state index contributed by atoms with van der Waals surface area (Å²) in [5.41, 5.74) is 23.2. The molecule has 356 valence electrons. The summed E-state index contributed by atoms with van der Waals surface area (Å²) in [5.74, 6) is -5.51. The Balaban J connectivity index is 1.56. The van der Waals surface area contributed by atoms with Crippen LogP contribution >= 0.6 is 0 Å². The zero-order chi connectivity index (χ0) is 49.0. The molecule has 2 heterocycles. The number of likely N-dealkylation sites (tertiary alicyclic amines) is 2. The Morgan fingerprint density at radius 2 is 1.01 bits per heavy atom. The number of amides is 4. The molecule has 8 N–H and O–H groups in total. The lowest BCUT2D eigenvalue weighted by atomic mass is 9.58. The zero-order valence-corrected chi connectivity index (χ0v) is 39.5. The summed E-state index contributed by atoms with van der Waals surface area (Å²) >= 11 is 0. The molecule has 3 aromatic carbocycles. The SMILES string of the molecule is C=CC[C@H]1CCC(N(c2cccc(C)c2C)C2CC[C@H](CC=C)N2[C@@](C(N)=O)(C(=O)OC(N)=O)C(C)(C)C2Cc3ccc2cc3)N1[C@@](C(N)=O)(C(=O)OC(N)=O)C(C)(C)C1Cc2ccc1cc2. The Hall–Kier alpha value is -6.32. The van der Waals surface area contributed by atoms with Gasteiger partial charge in [0.25, 0.3) is 0 Å². The highest BCUT2D eigenvalue weighted by Gasteiger charge is 2.71. The number of fused-ring (bicyclic) bond motifs is 6. The molecule has 4 bridgehead atoms. The number of rotatable bonds is 17. The number of esters is 2. The fourth-order valence-corrected chi connectivity index (χ4v) is 12.8. The van der Waals surface area contributed by atoms with E-state index in [0.29, 0.717) is 44.2 Å². The molecule has 0 saturated carbocycles. The van der Waals surface area contributed by atoms with Crippen molar-refractivity contribution < 1.29 is 38.2 Å². The highest BCUT2D eigenvalue weighted by molar-refractivity contribution is 6.11. The molecule has 2 saturated heterocycles. The number of hydrogen-bond donors (Lipinski definition) is 4. The molecule has 8 atom stereocenters. The van der Waals surface area contributed by atoms with Crippen LogP contribution in [0.4, 0.5) is 15.3 Å². The van der Waals surface area contributed by atoms with Gasteiger partial charge in [-0.05, 0) is 116 Å². The molecule has 4 amide bonds. The molecule has 6 aliphatic rings. The Kier molecular flexibility index (Phi) is 13.1. The number of nitrogens with two attached hydrogens (primary N) is 4. The van der Waals surface area contributed by atoms with Crippen LogP contribution in [0.5, 0.6) is 0 Å². The van der Waals surface area contributed by atoms with Crippen molar-refractivity contribution in [2.24, 2.45) is 33.8 Å². The first kappa shape index (κ1) is 48.6. The lowest BCUT2D eigenvalue weighted by molar-refractivity contribution is -0.176. The Bertz CT molecular complexity index is 2340. The van der Waals surface area contributed by atoms with Crippen LogP contribution in [0, 0.1) is 24.7 Å². The van der Waals surface area contributed by atoms with Crippen molar-refractivity contribution in [3.05, 3.63) is 125 Å². The van der Waals surface area contributed by atoms with Crippen LogP contribution < -0.4 is 27.8 Å². The second-order valence-electron chi connectivity index (χ2n) is 19.9. The lowest BCUT2D eigenvalue weighted by Crippen LogP contribution is -2.78. The summed E-state index contributed by atoms with van der Waals surface area (Å²) in [6, 6.07) is 20.3. The molecular weight excluding hydrogens is 851 g/mol. The Morgan fingerprint density at radius 1 is 0.627 bits per heavy atom. The van der Waals surface area contributed by atoms with Gasteiger partial charge in [0.15, 0.2) is 0 Å². The summed E-state index contributed by atoms with van der Waals surface area (Å²) in [5, 5.41) is 0. The van der Waals surface area contributed by atoms with Crippen LogP contribution in [0.1, 0.15) is 111 Å². The molecule has 9 rings (SSSR count). The number of nitrogens with zero attached hydrogens (tertiary/aromatic N) is 3. The normalized spacial score (nSPS) is 24.3. The third-order valence-corrected chi connectivity index (χ3v) is 16.0. The van der Waals surface area contributed by atoms with E-state index in [-0.39, 0.29) is 12.8 Å². The highest BCUT2D eigenvalue weighted by Crippen LogP contribution is 2.58. The van der Waals surface area contributed by atoms with Crippen molar-refractivity contribution in [3.8, 4) is 0 Å². The summed E-state index contributed by atoms with van der Waals surface area (Å²) in [6.45, 7) is 19.2. The standard InChI is InChI=1S/C52H65N7O8/c1-9-12-36-24-26-41(58(36)51(43(53)60,45(62)66-47(55)64)49(5,6)38-28-32-16-20-34(38)21-17-32)57(40-15-11-14-30(3)31(40)4)42-27-25-37(13-10-2)59(42)52(44(54)61,46(63)67-48(56)65)50(7,8)39-29-33-18-22-35(39)23-19-33/h9-11,14-23,36-39,41-42H,1-2,12-13,24-29H2,3-8H3,(H2,53,60)(H2,54,61)(H2,55,64)(H2,56,65)/t36-,37-,38?,39?,41?,42?,51-,52-/m0/s1. The average molecular weight is 916 g/mol. The van der Waals surface area contributed by atoms with E-state index in [0.717, 1.165) is 33.4 Å². The van der Waals surface area contributed by atoms with Crippen molar-refractivity contribution in [1.82, 2.24) is 9.80 Å². The van der Waals surface area contributed by atoms with Crippen molar-refractivity contribution in [2.45, 2.75) is 140 Å². The number of aryl methyl sites for hydroxylation is 1. The van der Waals surface area contributed by atoms with Crippen LogP contribution in [-0.4, -0.2) is 81.2 Å². The van der Waals surface area contributed by atoms with Crippen LogP contribution in [0.25, 0.3) is 0 Å². The van der Waals surface area contributed by atoms with Gasteiger partial charge in [-0.15, -0.1) is 13.2 Å². The summed E-state index contributed by atoms with van der Waals surface area (Å²) in [4.78, 5) is 92.1. The van der Waals surface area contributed by atoms with E-state index < -0.39 is 94.1 Å². The topological polar surface area (TPSA) is 235 Å². The molecule has 15 nitrogen and oxygen atoms in total. The van der Waals surface area contributed by atoms with Crippen molar-refractivity contribution in [3.63, 3.8) is 0 Å². The van der Waals surface area contributed by atoms with Gasteiger partial charge in [0.2, 0.25) is 22.9 Å². The molecule has 4 unspecified atom stereocenters. The fourth-order valence-electron chi connectivity index (χ4n) is 12.8. The summed E-state index contributed by atoms with van der Waals surface area (Å²) in [7, 11) is 0. The van der Waals surface area contributed by atoms with E-state index >= 15 is 19.2 Å². The second kappa shape index (κ2) is 18.1. The third-order valence-electron chi connectivity index (χ3n) is 16.0. The maximum absolute atomic E-state index is 15.3. The number of benzene rings is 3. The van der Waals surface area contributed by atoms with Crippen LogP contribution in [0.3, 0.4) is 0 Å².